The van der Waals surface area contributed by atoms with Crippen LogP contribution in [0.3, 0.4) is 0 Å². The van der Waals surface area contributed by atoms with Crippen molar-refractivity contribution in [2.24, 2.45) is 0 Å². The molecule has 0 atom stereocenters. The summed E-state index contributed by atoms with van der Waals surface area (Å²) in [6, 6.07) is 6.60. The predicted octanol–water partition coefficient (Wildman–Crippen LogP) is 1.23. The average Bonchev–Trinajstić information content (AvgIpc) is 2.17. The summed E-state index contributed by atoms with van der Waals surface area (Å²) in [6.45, 7) is -0.142. The van der Waals surface area contributed by atoms with Crippen molar-refractivity contribution >= 4 is 29.1 Å². The zero-order valence-electron chi connectivity index (χ0n) is 7.77. The van der Waals surface area contributed by atoms with Gasteiger partial charge in [-0.2, -0.15) is 0 Å². The minimum absolute atomic E-state index is 0.0712. The topological polar surface area (TPSA) is 46.6 Å². The normalized spacial score (nSPS) is 17.0. The van der Waals surface area contributed by atoms with Gasteiger partial charge in [0.1, 0.15) is 13.2 Å². The number of rotatable bonds is 1. The van der Waals surface area contributed by atoms with Crippen molar-refractivity contribution in [2.45, 2.75) is 0 Å². The minimum atomic E-state index is -0.367. The van der Waals surface area contributed by atoms with Gasteiger partial charge in [0.15, 0.2) is 0 Å². The van der Waals surface area contributed by atoms with Gasteiger partial charge >= 0.3 is 0 Å². The third-order valence-corrected chi connectivity index (χ3v) is 2.25. The molecule has 15 heavy (non-hydrogen) atoms. The molecule has 0 N–H and O–H groups in total. The highest BCUT2D eigenvalue weighted by Gasteiger charge is 2.27. The van der Waals surface area contributed by atoms with Gasteiger partial charge in [0.05, 0.1) is 5.69 Å². The van der Waals surface area contributed by atoms with Crippen molar-refractivity contribution in [3.63, 3.8) is 0 Å². The van der Waals surface area contributed by atoms with Crippen molar-refractivity contribution in [3.8, 4) is 0 Å². The lowest BCUT2D eigenvalue weighted by Gasteiger charge is -2.24. The van der Waals surface area contributed by atoms with Crippen LogP contribution in [0.15, 0.2) is 24.3 Å². The van der Waals surface area contributed by atoms with Gasteiger partial charge in [0.2, 0.25) is 0 Å². The highest BCUT2D eigenvalue weighted by molar-refractivity contribution is 6.31. The monoisotopic (exact) mass is 225 g/mol. The summed E-state index contributed by atoms with van der Waals surface area (Å²) in [5.74, 6) is -0.734. The first-order valence-corrected chi connectivity index (χ1v) is 4.75. The molecule has 1 heterocycles. The second-order valence-corrected chi connectivity index (χ2v) is 3.53. The molecule has 1 aliphatic heterocycles. The van der Waals surface area contributed by atoms with Gasteiger partial charge in [-0.25, -0.2) is 4.90 Å². The first kappa shape index (κ1) is 10.1. The molecule has 0 unspecified atom stereocenters. The molecule has 0 saturated carbocycles. The Kier molecular flexibility index (Phi) is 2.70. The van der Waals surface area contributed by atoms with Crippen LogP contribution in [0.4, 0.5) is 5.69 Å². The maximum Gasteiger partial charge on any atom is 0.259 e. The van der Waals surface area contributed by atoms with Crippen LogP contribution >= 0.6 is 11.6 Å². The van der Waals surface area contributed by atoms with Crippen LogP contribution in [0.1, 0.15) is 0 Å². The quantitative estimate of drug-likeness (QED) is 0.676. The van der Waals surface area contributed by atoms with Crippen molar-refractivity contribution in [2.75, 3.05) is 18.1 Å². The number of anilines is 1. The van der Waals surface area contributed by atoms with Crippen LogP contribution in [-0.2, 0) is 14.3 Å². The Hall–Kier alpha value is -1.39. The molecule has 0 aromatic heterocycles. The Morgan fingerprint density at radius 1 is 1.20 bits per heavy atom. The molecule has 2 amide bonds. The minimum Gasteiger partial charge on any atom is -0.362 e. The Morgan fingerprint density at radius 2 is 1.87 bits per heavy atom. The van der Waals surface area contributed by atoms with Gasteiger partial charge in [0.25, 0.3) is 11.8 Å². The van der Waals surface area contributed by atoms with E-state index in [1.807, 2.05) is 0 Å². The summed E-state index contributed by atoms with van der Waals surface area (Å²) >= 11 is 5.78. The molecule has 5 heteroatoms. The van der Waals surface area contributed by atoms with Gasteiger partial charge < -0.3 is 4.74 Å². The third-order valence-electron chi connectivity index (χ3n) is 2.02. The van der Waals surface area contributed by atoms with E-state index in [1.165, 1.54) is 0 Å². The van der Waals surface area contributed by atoms with E-state index in [0.29, 0.717) is 10.7 Å². The highest BCUT2D eigenvalue weighted by Crippen LogP contribution is 2.21. The van der Waals surface area contributed by atoms with Crippen molar-refractivity contribution in [3.05, 3.63) is 29.3 Å². The van der Waals surface area contributed by atoms with E-state index in [1.54, 1.807) is 24.3 Å². The van der Waals surface area contributed by atoms with Crippen molar-refractivity contribution < 1.29 is 14.3 Å². The molecule has 1 aromatic rings. The zero-order chi connectivity index (χ0) is 10.8. The molecule has 1 fully saturated rings. The molecule has 78 valence electrons. The molecule has 0 aliphatic carbocycles. The van der Waals surface area contributed by atoms with Gasteiger partial charge in [0, 0.05) is 5.02 Å². The molecule has 0 spiro atoms. The largest absolute Gasteiger partial charge is 0.362 e. The Morgan fingerprint density at radius 3 is 2.47 bits per heavy atom. The van der Waals surface area contributed by atoms with E-state index in [2.05, 4.69) is 0 Å². The molecular weight excluding hydrogens is 218 g/mol. The van der Waals surface area contributed by atoms with Crippen LogP contribution in [0.25, 0.3) is 0 Å². The fourth-order valence-corrected chi connectivity index (χ4v) is 1.58. The maximum absolute atomic E-state index is 11.5. The number of benzene rings is 1. The number of carbonyl (C=O) groups is 2. The van der Waals surface area contributed by atoms with E-state index in [9.17, 15) is 9.59 Å². The Bertz CT molecular complexity index is 403. The smallest absolute Gasteiger partial charge is 0.259 e. The lowest BCUT2D eigenvalue weighted by Crippen LogP contribution is -2.46. The standard InChI is InChI=1S/C10H8ClNO3/c11-7-2-1-3-8(4-7)12-9(13)5-15-6-10(12)14/h1-4H,5-6H2. The van der Waals surface area contributed by atoms with Gasteiger partial charge in [-0.05, 0) is 18.2 Å². The van der Waals surface area contributed by atoms with Gasteiger partial charge in [-0.3, -0.25) is 9.59 Å². The number of morpholine rings is 1. The molecule has 1 aliphatic rings. The summed E-state index contributed by atoms with van der Waals surface area (Å²) in [5, 5.41) is 0.486. The predicted molar refractivity (Wildman–Crippen MR) is 54.8 cm³/mol. The summed E-state index contributed by atoms with van der Waals surface area (Å²) < 4.78 is 4.80. The van der Waals surface area contributed by atoms with Crippen LogP contribution in [0.2, 0.25) is 5.02 Å². The van der Waals surface area contributed by atoms with Crippen LogP contribution in [-0.4, -0.2) is 25.0 Å². The number of halogens is 1. The van der Waals surface area contributed by atoms with E-state index < -0.39 is 0 Å². The molecule has 0 bridgehead atoms. The Labute approximate surface area is 91.4 Å². The molecule has 1 saturated heterocycles. The number of ether oxygens (including phenoxy) is 1. The fraction of sp³-hybridized carbons (Fsp3) is 0.200. The van der Waals surface area contributed by atoms with Gasteiger partial charge in [-0.1, -0.05) is 17.7 Å². The van der Waals surface area contributed by atoms with Crippen LogP contribution in [0.5, 0.6) is 0 Å². The molecular formula is C10H8ClNO3. The molecule has 1 aromatic carbocycles. The number of carbonyl (C=O) groups excluding carboxylic acids is 2. The van der Waals surface area contributed by atoms with E-state index >= 15 is 0 Å². The van der Waals surface area contributed by atoms with E-state index in [0.717, 1.165) is 4.90 Å². The van der Waals surface area contributed by atoms with E-state index in [-0.39, 0.29) is 25.0 Å². The highest BCUT2D eigenvalue weighted by atomic mass is 35.5. The number of hydrogen-bond acceptors (Lipinski definition) is 3. The summed E-state index contributed by atoms with van der Waals surface area (Å²) in [5.41, 5.74) is 0.487. The molecule has 2 rings (SSSR count). The first-order valence-electron chi connectivity index (χ1n) is 4.37. The summed E-state index contributed by atoms with van der Waals surface area (Å²) in [6.07, 6.45) is 0. The van der Waals surface area contributed by atoms with Crippen LogP contribution < -0.4 is 4.90 Å². The lowest BCUT2D eigenvalue weighted by atomic mass is 10.2. The van der Waals surface area contributed by atoms with Gasteiger partial charge in [-0.15, -0.1) is 0 Å². The zero-order valence-corrected chi connectivity index (χ0v) is 8.53. The second-order valence-electron chi connectivity index (χ2n) is 3.10. The van der Waals surface area contributed by atoms with Crippen molar-refractivity contribution in [1.29, 1.82) is 0 Å². The average molecular weight is 226 g/mol. The molecule has 0 radical (unpaired) electrons. The molecule has 4 nitrogen and oxygen atoms in total. The summed E-state index contributed by atoms with van der Waals surface area (Å²) in [4.78, 5) is 24.0. The van der Waals surface area contributed by atoms with E-state index in [4.69, 9.17) is 16.3 Å². The SMILES string of the molecule is O=C1COCC(=O)N1c1cccc(Cl)c1. The lowest BCUT2D eigenvalue weighted by molar-refractivity contribution is -0.138. The Balaban J connectivity index is 2.35. The first-order chi connectivity index (χ1) is 7.18. The third kappa shape index (κ3) is 2.00. The number of hydrogen-bond donors (Lipinski definition) is 0. The number of amides is 2. The van der Waals surface area contributed by atoms with Crippen molar-refractivity contribution in [1.82, 2.24) is 0 Å². The maximum atomic E-state index is 11.5. The second kappa shape index (κ2) is 4.00. The number of imide groups is 1. The summed E-state index contributed by atoms with van der Waals surface area (Å²) in [7, 11) is 0. The fourth-order valence-electron chi connectivity index (χ4n) is 1.40. The van der Waals surface area contributed by atoms with Crippen LogP contribution in [0, 0.1) is 0 Å². The number of nitrogens with zero attached hydrogens (tertiary/aromatic N) is 1.